The summed E-state index contributed by atoms with van der Waals surface area (Å²) in [5.41, 5.74) is -0.901. The number of carbonyl (C=O) groups is 3. The van der Waals surface area contributed by atoms with Crippen molar-refractivity contribution in [3.63, 3.8) is 0 Å². The molecule has 1 aromatic heterocycles. The van der Waals surface area contributed by atoms with E-state index in [1.807, 2.05) is 0 Å². The molecule has 2 aromatic rings. The lowest BCUT2D eigenvalue weighted by Crippen LogP contribution is -2.46. The Morgan fingerprint density at radius 3 is 2.64 bits per heavy atom. The fraction of sp³-hybridized carbons (Fsp3) is 0.318. The van der Waals surface area contributed by atoms with Crippen LogP contribution >= 0.6 is 0 Å². The lowest BCUT2D eigenvalue weighted by atomic mass is 9.92. The summed E-state index contributed by atoms with van der Waals surface area (Å²) in [7, 11) is 1.43. The van der Waals surface area contributed by atoms with Gasteiger partial charge in [0.25, 0.3) is 5.91 Å². The van der Waals surface area contributed by atoms with E-state index >= 15 is 0 Å². The predicted octanol–water partition coefficient (Wildman–Crippen LogP) is 2.80. The highest BCUT2D eigenvalue weighted by molar-refractivity contribution is 6.03. The van der Waals surface area contributed by atoms with Crippen LogP contribution in [0.2, 0.25) is 0 Å². The van der Waals surface area contributed by atoms with Crippen molar-refractivity contribution in [3.8, 4) is 0 Å². The Labute approximate surface area is 187 Å². The third-order valence-corrected chi connectivity index (χ3v) is 5.83. The number of amides is 4. The van der Waals surface area contributed by atoms with E-state index in [-0.39, 0.29) is 29.9 Å². The first-order valence-corrected chi connectivity index (χ1v) is 10.1. The third-order valence-electron chi connectivity index (χ3n) is 5.83. The van der Waals surface area contributed by atoms with Gasteiger partial charge in [-0.3, -0.25) is 14.5 Å². The largest absolute Gasteiger partial charge is 0.467 e. The number of carbonyl (C=O) groups excluding carboxylic acids is 3. The molecule has 0 spiro atoms. The Morgan fingerprint density at radius 1 is 1.24 bits per heavy atom. The summed E-state index contributed by atoms with van der Waals surface area (Å²) in [6.45, 7) is 1.55. The summed E-state index contributed by atoms with van der Waals surface area (Å²) in [6, 6.07) is 5.29. The van der Waals surface area contributed by atoms with Gasteiger partial charge in [0, 0.05) is 7.05 Å². The summed E-state index contributed by atoms with van der Waals surface area (Å²) in [5.74, 6) is -0.549. The number of halogens is 3. The Morgan fingerprint density at radius 2 is 1.97 bits per heavy atom. The molecule has 2 aliphatic heterocycles. The highest BCUT2D eigenvalue weighted by atomic mass is 19.4. The van der Waals surface area contributed by atoms with Gasteiger partial charge in [0.2, 0.25) is 5.91 Å². The fourth-order valence-corrected chi connectivity index (χ4v) is 4.02. The molecular formula is C22H21F3N4O4. The molecule has 11 heteroatoms. The molecule has 4 rings (SSSR count). The smallest absolute Gasteiger partial charge is 0.416 e. The van der Waals surface area contributed by atoms with Crippen molar-refractivity contribution in [2.45, 2.75) is 31.7 Å². The normalized spacial score (nSPS) is 19.5. The lowest BCUT2D eigenvalue weighted by Gasteiger charge is -2.32. The van der Waals surface area contributed by atoms with Gasteiger partial charge in [-0.05, 0) is 30.7 Å². The Bertz CT molecular complexity index is 1130. The first-order valence-electron chi connectivity index (χ1n) is 10.1. The maximum absolute atomic E-state index is 13.6. The van der Waals surface area contributed by atoms with Crippen molar-refractivity contribution < 1.29 is 32.0 Å². The van der Waals surface area contributed by atoms with Gasteiger partial charge >= 0.3 is 12.2 Å². The van der Waals surface area contributed by atoms with Gasteiger partial charge in [-0.25, -0.2) is 4.79 Å². The highest BCUT2D eigenvalue weighted by Gasteiger charge is 2.47. The van der Waals surface area contributed by atoms with E-state index in [2.05, 4.69) is 10.6 Å². The molecule has 1 aromatic carbocycles. The second kappa shape index (κ2) is 8.30. The second-order valence-corrected chi connectivity index (χ2v) is 7.79. The van der Waals surface area contributed by atoms with Crippen LogP contribution in [0.4, 0.5) is 18.0 Å². The van der Waals surface area contributed by atoms with Gasteiger partial charge in [0.05, 0.1) is 42.2 Å². The number of rotatable bonds is 5. The minimum Gasteiger partial charge on any atom is -0.467 e. The summed E-state index contributed by atoms with van der Waals surface area (Å²) in [6.07, 6.45) is -3.21. The zero-order chi connectivity index (χ0) is 23.9. The molecular weight excluding hydrogens is 441 g/mol. The average Bonchev–Trinajstić information content (AvgIpc) is 3.42. The van der Waals surface area contributed by atoms with Crippen LogP contribution in [0.15, 0.2) is 58.3 Å². The summed E-state index contributed by atoms with van der Waals surface area (Å²) < 4.78 is 46.1. The quantitative estimate of drug-likeness (QED) is 0.715. The molecule has 2 unspecified atom stereocenters. The standard InChI is InChI=1S/C22H21F3N4O4/c1-12(19(30)26-10-13-6-5-9-33-13)29-11-16-17(20(29)31)18(27-21(32)28(16)2)14-7-3-4-8-15(14)22(23,24)25/h3-9,12,18H,10-11H2,1-2H3,(H,26,30)(H,27,32). The molecule has 174 valence electrons. The van der Waals surface area contributed by atoms with Gasteiger partial charge in [0.15, 0.2) is 0 Å². The van der Waals surface area contributed by atoms with Crippen molar-refractivity contribution in [2.24, 2.45) is 0 Å². The van der Waals surface area contributed by atoms with Crippen LogP contribution in [0, 0.1) is 0 Å². The van der Waals surface area contributed by atoms with Gasteiger partial charge in [-0.2, -0.15) is 13.2 Å². The molecule has 0 fully saturated rings. The van der Waals surface area contributed by atoms with Gasteiger partial charge < -0.3 is 20.0 Å². The number of urea groups is 1. The Balaban J connectivity index is 1.62. The summed E-state index contributed by atoms with van der Waals surface area (Å²) >= 11 is 0. The maximum Gasteiger partial charge on any atom is 0.416 e. The Kier molecular flexibility index (Phi) is 5.64. The van der Waals surface area contributed by atoms with Crippen LogP contribution < -0.4 is 10.6 Å². The zero-order valence-corrected chi connectivity index (χ0v) is 17.8. The van der Waals surface area contributed by atoms with Crippen LogP contribution in [0.1, 0.15) is 29.9 Å². The summed E-state index contributed by atoms with van der Waals surface area (Å²) in [5, 5.41) is 5.16. The molecule has 0 bridgehead atoms. The number of nitrogens with one attached hydrogen (secondary N) is 2. The van der Waals surface area contributed by atoms with Crippen molar-refractivity contribution in [1.29, 1.82) is 0 Å². The van der Waals surface area contributed by atoms with E-state index in [0.717, 1.165) is 6.07 Å². The van der Waals surface area contributed by atoms with Crippen LogP contribution in [0.3, 0.4) is 0 Å². The molecule has 0 radical (unpaired) electrons. The molecule has 0 aliphatic carbocycles. The molecule has 4 amide bonds. The van der Waals surface area contributed by atoms with E-state index in [4.69, 9.17) is 4.42 Å². The molecule has 2 atom stereocenters. The number of likely N-dealkylation sites (N-methyl/N-ethyl adjacent to an activating group) is 1. The molecule has 2 N–H and O–H groups in total. The number of furan rings is 1. The first kappa shape index (κ1) is 22.4. The molecule has 8 nitrogen and oxygen atoms in total. The molecule has 3 heterocycles. The fourth-order valence-electron chi connectivity index (χ4n) is 4.02. The minimum absolute atomic E-state index is 0.0134. The predicted molar refractivity (Wildman–Crippen MR) is 109 cm³/mol. The minimum atomic E-state index is -4.67. The van der Waals surface area contributed by atoms with E-state index in [1.165, 1.54) is 48.2 Å². The number of benzene rings is 1. The third kappa shape index (κ3) is 4.06. The zero-order valence-electron chi connectivity index (χ0n) is 17.8. The Hall–Kier alpha value is -3.76. The lowest BCUT2D eigenvalue weighted by molar-refractivity contribution is -0.138. The summed E-state index contributed by atoms with van der Waals surface area (Å²) in [4.78, 5) is 40.9. The average molecular weight is 462 g/mol. The SMILES string of the molecule is CC(C(=O)NCc1ccco1)N1CC2=C(C1=O)C(c1ccccc1C(F)(F)F)NC(=O)N2C. The van der Waals surface area contributed by atoms with Crippen molar-refractivity contribution >= 4 is 17.8 Å². The van der Waals surface area contributed by atoms with E-state index in [0.29, 0.717) is 5.76 Å². The van der Waals surface area contributed by atoms with E-state index in [9.17, 15) is 27.6 Å². The van der Waals surface area contributed by atoms with Crippen LogP contribution in [-0.2, 0) is 22.3 Å². The highest BCUT2D eigenvalue weighted by Crippen LogP contribution is 2.41. The molecule has 2 aliphatic rings. The number of alkyl halides is 3. The van der Waals surface area contributed by atoms with Gasteiger partial charge in [-0.1, -0.05) is 18.2 Å². The van der Waals surface area contributed by atoms with Gasteiger partial charge in [0.1, 0.15) is 11.8 Å². The van der Waals surface area contributed by atoms with Crippen LogP contribution in [-0.4, -0.2) is 47.3 Å². The van der Waals surface area contributed by atoms with Crippen molar-refractivity contribution in [3.05, 3.63) is 70.8 Å². The molecule has 0 saturated heterocycles. The van der Waals surface area contributed by atoms with E-state index in [1.54, 1.807) is 12.1 Å². The van der Waals surface area contributed by atoms with Crippen molar-refractivity contribution in [2.75, 3.05) is 13.6 Å². The van der Waals surface area contributed by atoms with Crippen LogP contribution in [0.5, 0.6) is 0 Å². The number of nitrogens with zero attached hydrogens (tertiary/aromatic N) is 2. The first-order chi connectivity index (χ1) is 15.6. The van der Waals surface area contributed by atoms with E-state index < -0.39 is 41.7 Å². The number of hydrogen-bond acceptors (Lipinski definition) is 4. The second-order valence-electron chi connectivity index (χ2n) is 7.79. The monoisotopic (exact) mass is 462 g/mol. The maximum atomic E-state index is 13.6. The molecule has 33 heavy (non-hydrogen) atoms. The van der Waals surface area contributed by atoms with Gasteiger partial charge in [-0.15, -0.1) is 0 Å². The number of hydrogen-bond donors (Lipinski definition) is 2. The van der Waals surface area contributed by atoms with Crippen LogP contribution in [0.25, 0.3) is 0 Å². The molecule has 0 saturated carbocycles. The van der Waals surface area contributed by atoms with Crippen molar-refractivity contribution in [1.82, 2.24) is 20.4 Å². The topological polar surface area (TPSA) is 94.9 Å².